The summed E-state index contributed by atoms with van der Waals surface area (Å²) >= 11 is 1.53. The predicted molar refractivity (Wildman–Crippen MR) is 79.5 cm³/mol. The molecule has 0 saturated carbocycles. The molecule has 2 heterocycles. The van der Waals surface area contributed by atoms with Crippen molar-refractivity contribution < 1.29 is 9.90 Å². The molecule has 106 valence electrons. The molecule has 0 radical (unpaired) electrons. The fourth-order valence-corrected chi connectivity index (χ4v) is 2.62. The maximum Gasteiger partial charge on any atom is 0.220 e. The van der Waals surface area contributed by atoms with E-state index >= 15 is 0 Å². The van der Waals surface area contributed by atoms with E-state index in [0.29, 0.717) is 12.8 Å². The standard InChI is InChI=1S/C15H18N2O2S/c1-15(19,13-6-9-20-10-13)11-17-14(18)3-2-12-4-7-16-8-5-12/h4-10,19H,2-3,11H2,1H3,(H,17,18). The van der Waals surface area contributed by atoms with E-state index in [0.717, 1.165) is 11.1 Å². The number of thiophene rings is 1. The summed E-state index contributed by atoms with van der Waals surface area (Å²) in [6.07, 6.45) is 4.52. The highest BCUT2D eigenvalue weighted by Gasteiger charge is 2.23. The third-order valence-electron chi connectivity index (χ3n) is 3.16. The SMILES string of the molecule is CC(O)(CNC(=O)CCc1ccncc1)c1ccsc1. The van der Waals surface area contributed by atoms with Crippen LogP contribution in [0.4, 0.5) is 0 Å². The Labute approximate surface area is 122 Å². The van der Waals surface area contributed by atoms with Gasteiger partial charge in [0.15, 0.2) is 0 Å². The lowest BCUT2D eigenvalue weighted by Crippen LogP contribution is -2.38. The highest BCUT2D eigenvalue weighted by molar-refractivity contribution is 7.08. The molecule has 0 spiro atoms. The molecular weight excluding hydrogens is 272 g/mol. The van der Waals surface area contributed by atoms with E-state index in [9.17, 15) is 9.90 Å². The molecule has 2 aromatic rings. The van der Waals surface area contributed by atoms with E-state index in [2.05, 4.69) is 10.3 Å². The molecule has 1 amide bonds. The molecule has 4 nitrogen and oxygen atoms in total. The van der Waals surface area contributed by atoms with Crippen molar-refractivity contribution in [3.05, 3.63) is 52.5 Å². The molecule has 0 fully saturated rings. The first kappa shape index (κ1) is 14.7. The number of rotatable bonds is 6. The van der Waals surface area contributed by atoms with Crippen molar-refractivity contribution in [2.24, 2.45) is 0 Å². The molecule has 0 aliphatic carbocycles. The van der Waals surface area contributed by atoms with Crippen molar-refractivity contribution in [3.63, 3.8) is 0 Å². The quantitative estimate of drug-likeness (QED) is 0.856. The Bertz CT molecular complexity index is 538. The average Bonchev–Trinajstić information content (AvgIpc) is 2.99. The minimum Gasteiger partial charge on any atom is -0.384 e. The molecule has 2 rings (SSSR count). The highest BCUT2D eigenvalue weighted by atomic mass is 32.1. The van der Waals surface area contributed by atoms with Crippen molar-refractivity contribution in [2.45, 2.75) is 25.4 Å². The molecule has 5 heteroatoms. The van der Waals surface area contributed by atoms with Gasteiger partial charge in [0.2, 0.25) is 5.91 Å². The van der Waals surface area contributed by atoms with Crippen molar-refractivity contribution in [2.75, 3.05) is 6.54 Å². The van der Waals surface area contributed by atoms with Crippen molar-refractivity contribution in [1.29, 1.82) is 0 Å². The largest absolute Gasteiger partial charge is 0.384 e. The zero-order chi connectivity index (χ0) is 14.4. The minimum atomic E-state index is -1.02. The van der Waals surface area contributed by atoms with E-state index in [1.807, 2.05) is 29.0 Å². The van der Waals surface area contributed by atoms with Gasteiger partial charge < -0.3 is 10.4 Å². The number of nitrogens with zero attached hydrogens (tertiary/aromatic N) is 1. The fourth-order valence-electron chi connectivity index (χ4n) is 1.84. The van der Waals surface area contributed by atoms with E-state index in [4.69, 9.17) is 0 Å². The zero-order valence-corrected chi connectivity index (χ0v) is 12.2. The first-order valence-corrected chi connectivity index (χ1v) is 7.43. The fraction of sp³-hybridized carbons (Fsp3) is 0.333. The van der Waals surface area contributed by atoms with Crippen molar-refractivity contribution >= 4 is 17.2 Å². The van der Waals surface area contributed by atoms with Gasteiger partial charge in [-0.25, -0.2) is 0 Å². The monoisotopic (exact) mass is 290 g/mol. The Hall–Kier alpha value is -1.72. The minimum absolute atomic E-state index is 0.0580. The summed E-state index contributed by atoms with van der Waals surface area (Å²) in [4.78, 5) is 15.7. The van der Waals surface area contributed by atoms with Crippen LogP contribution in [-0.2, 0) is 16.8 Å². The summed E-state index contributed by atoms with van der Waals surface area (Å²) in [5.41, 5.74) is 0.892. The maximum atomic E-state index is 11.8. The number of hydrogen-bond donors (Lipinski definition) is 2. The molecular formula is C15H18N2O2S. The number of aromatic nitrogens is 1. The number of aryl methyl sites for hydroxylation is 1. The summed E-state index contributed by atoms with van der Waals surface area (Å²) in [7, 11) is 0. The molecule has 1 atom stereocenters. The van der Waals surface area contributed by atoms with Crippen LogP contribution in [-0.4, -0.2) is 22.5 Å². The van der Waals surface area contributed by atoms with Crippen LogP contribution >= 0.6 is 11.3 Å². The average molecular weight is 290 g/mol. The van der Waals surface area contributed by atoms with Crippen LogP contribution in [0.1, 0.15) is 24.5 Å². The summed E-state index contributed by atoms with van der Waals surface area (Å²) in [6, 6.07) is 5.66. The normalized spacial score (nSPS) is 13.7. The number of aliphatic hydroxyl groups is 1. The van der Waals surface area contributed by atoms with Gasteiger partial charge in [0.25, 0.3) is 0 Å². The Morgan fingerprint density at radius 3 is 2.80 bits per heavy atom. The van der Waals surface area contributed by atoms with E-state index < -0.39 is 5.60 Å². The summed E-state index contributed by atoms with van der Waals surface area (Å²) in [6.45, 7) is 1.93. The van der Waals surface area contributed by atoms with E-state index in [1.165, 1.54) is 11.3 Å². The molecule has 2 aromatic heterocycles. The smallest absolute Gasteiger partial charge is 0.220 e. The number of carbonyl (C=O) groups is 1. The van der Waals surface area contributed by atoms with Crippen LogP contribution < -0.4 is 5.32 Å². The molecule has 0 aliphatic heterocycles. The number of carbonyl (C=O) groups excluding carboxylic acids is 1. The van der Waals surface area contributed by atoms with Gasteiger partial charge in [0, 0.05) is 18.8 Å². The lowest BCUT2D eigenvalue weighted by Gasteiger charge is -2.22. The molecule has 0 aliphatic rings. The Kier molecular flexibility index (Phi) is 4.87. The van der Waals surface area contributed by atoms with Gasteiger partial charge in [-0.1, -0.05) is 0 Å². The van der Waals surface area contributed by atoms with Gasteiger partial charge in [0.05, 0.1) is 6.54 Å². The lowest BCUT2D eigenvalue weighted by atomic mass is 9.99. The van der Waals surface area contributed by atoms with Crippen LogP contribution in [0.2, 0.25) is 0 Å². The summed E-state index contributed by atoms with van der Waals surface area (Å²) in [5, 5.41) is 16.9. The maximum absolute atomic E-state index is 11.8. The molecule has 1 unspecified atom stereocenters. The van der Waals surface area contributed by atoms with Crippen molar-refractivity contribution in [1.82, 2.24) is 10.3 Å². The van der Waals surface area contributed by atoms with Gasteiger partial charge >= 0.3 is 0 Å². The summed E-state index contributed by atoms with van der Waals surface area (Å²) in [5.74, 6) is -0.0580. The van der Waals surface area contributed by atoms with Gasteiger partial charge in [0.1, 0.15) is 5.60 Å². The molecule has 0 bridgehead atoms. The van der Waals surface area contributed by atoms with Gasteiger partial charge in [-0.15, -0.1) is 0 Å². The van der Waals surface area contributed by atoms with Crippen LogP contribution in [0.15, 0.2) is 41.4 Å². The molecule has 0 aromatic carbocycles. The molecule has 0 saturated heterocycles. The first-order valence-electron chi connectivity index (χ1n) is 6.48. The van der Waals surface area contributed by atoms with Crippen molar-refractivity contribution in [3.8, 4) is 0 Å². The number of hydrogen-bond acceptors (Lipinski definition) is 4. The highest BCUT2D eigenvalue weighted by Crippen LogP contribution is 2.21. The van der Waals surface area contributed by atoms with E-state index in [1.54, 1.807) is 19.3 Å². The van der Waals surface area contributed by atoms with Gasteiger partial charge in [-0.2, -0.15) is 11.3 Å². The van der Waals surface area contributed by atoms with Crippen LogP contribution in [0.3, 0.4) is 0 Å². The number of amides is 1. The zero-order valence-electron chi connectivity index (χ0n) is 11.4. The topological polar surface area (TPSA) is 62.2 Å². The second-order valence-corrected chi connectivity index (χ2v) is 5.70. The van der Waals surface area contributed by atoms with Crippen LogP contribution in [0.25, 0.3) is 0 Å². The predicted octanol–water partition coefficient (Wildman–Crippen LogP) is 2.10. The van der Waals surface area contributed by atoms with Gasteiger partial charge in [-0.3, -0.25) is 9.78 Å². The second-order valence-electron chi connectivity index (χ2n) is 4.92. The Morgan fingerprint density at radius 2 is 2.15 bits per heavy atom. The molecule has 2 N–H and O–H groups in total. The molecule has 20 heavy (non-hydrogen) atoms. The summed E-state index contributed by atoms with van der Waals surface area (Å²) < 4.78 is 0. The van der Waals surface area contributed by atoms with Crippen LogP contribution in [0, 0.1) is 0 Å². The Morgan fingerprint density at radius 1 is 1.40 bits per heavy atom. The van der Waals surface area contributed by atoms with E-state index in [-0.39, 0.29) is 12.5 Å². The van der Waals surface area contributed by atoms with Gasteiger partial charge in [-0.05, 0) is 53.4 Å². The third kappa shape index (κ3) is 4.15. The Balaban J connectivity index is 1.78. The third-order valence-corrected chi connectivity index (χ3v) is 3.85. The van der Waals surface area contributed by atoms with Crippen LogP contribution in [0.5, 0.6) is 0 Å². The number of nitrogens with one attached hydrogen (secondary N) is 1. The first-order chi connectivity index (χ1) is 9.58. The lowest BCUT2D eigenvalue weighted by molar-refractivity contribution is -0.122. The second kappa shape index (κ2) is 6.63. The number of pyridine rings is 1.